The zero-order valence-corrected chi connectivity index (χ0v) is 7.81. The van der Waals surface area contributed by atoms with Gasteiger partial charge in [-0.15, -0.1) is 0 Å². The maximum Gasteiger partial charge on any atom is 0.224 e. The molecule has 13 heavy (non-hydrogen) atoms. The standard InChI is InChI=1S/C9H16N2O2/c1-11-5-2-3-6(11)8(9(10)13)7(12)4-5/h5-8,12H,2-4H2,1H3,(H2,10,13)/t5-,6+,7-,8+/m0/s1. The van der Waals surface area contributed by atoms with Crippen LogP contribution in [-0.2, 0) is 4.79 Å². The first kappa shape index (κ1) is 8.97. The van der Waals surface area contributed by atoms with Gasteiger partial charge in [0, 0.05) is 12.1 Å². The maximum absolute atomic E-state index is 11.1. The van der Waals surface area contributed by atoms with Crippen LogP contribution in [0.2, 0.25) is 0 Å². The number of carbonyl (C=O) groups excluding carboxylic acids is 1. The van der Waals surface area contributed by atoms with E-state index >= 15 is 0 Å². The molecule has 0 radical (unpaired) electrons. The number of rotatable bonds is 1. The summed E-state index contributed by atoms with van der Waals surface area (Å²) in [7, 11) is 2.02. The fraction of sp³-hybridized carbons (Fsp3) is 0.889. The van der Waals surface area contributed by atoms with Crippen molar-refractivity contribution in [3.63, 3.8) is 0 Å². The zero-order chi connectivity index (χ0) is 9.59. The molecule has 4 nitrogen and oxygen atoms in total. The monoisotopic (exact) mass is 184 g/mol. The summed E-state index contributed by atoms with van der Waals surface area (Å²) in [5.41, 5.74) is 5.28. The Bertz CT molecular complexity index is 232. The molecule has 1 amide bonds. The minimum Gasteiger partial charge on any atom is -0.392 e. The van der Waals surface area contributed by atoms with Crippen molar-refractivity contribution < 1.29 is 9.90 Å². The fourth-order valence-corrected chi connectivity index (χ4v) is 2.82. The van der Waals surface area contributed by atoms with Crippen LogP contribution in [0.25, 0.3) is 0 Å². The molecule has 2 aliphatic rings. The molecule has 2 saturated heterocycles. The predicted molar refractivity (Wildman–Crippen MR) is 47.9 cm³/mol. The molecule has 0 saturated carbocycles. The van der Waals surface area contributed by atoms with Crippen molar-refractivity contribution in [1.29, 1.82) is 0 Å². The molecule has 2 bridgehead atoms. The molecule has 0 aromatic carbocycles. The van der Waals surface area contributed by atoms with Gasteiger partial charge >= 0.3 is 0 Å². The third-order valence-corrected chi connectivity index (χ3v) is 3.57. The second-order valence-electron chi connectivity index (χ2n) is 4.20. The zero-order valence-electron chi connectivity index (χ0n) is 7.81. The molecule has 4 atom stereocenters. The number of fused-ring (bicyclic) bond motifs is 2. The quantitative estimate of drug-likeness (QED) is 0.567. The predicted octanol–water partition coefficient (Wildman–Crippen LogP) is -0.685. The van der Waals surface area contributed by atoms with Crippen LogP contribution >= 0.6 is 0 Å². The molecular weight excluding hydrogens is 168 g/mol. The number of amides is 1. The summed E-state index contributed by atoms with van der Waals surface area (Å²) >= 11 is 0. The molecule has 0 aromatic heterocycles. The first-order valence-electron chi connectivity index (χ1n) is 4.80. The lowest BCUT2D eigenvalue weighted by Crippen LogP contribution is -2.53. The van der Waals surface area contributed by atoms with Gasteiger partial charge in [-0.1, -0.05) is 0 Å². The van der Waals surface area contributed by atoms with Gasteiger partial charge in [-0.2, -0.15) is 0 Å². The lowest BCUT2D eigenvalue weighted by Gasteiger charge is -2.39. The maximum atomic E-state index is 11.1. The fourth-order valence-electron chi connectivity index (χ4n) is 2.82. The number of nitrogens with two attached hydrogens (primary N) is 1. The SMILES string of the molecule is CN1[C@H]2CC[C@@H]1[C@@H](C(N)=O)[C@@H](O)C2. The molecule has 2 heterocycles. The third-order valence-electron chi connectivity index (χ3n) is 3.57. The van der Waals surface area contributed by atoms with Crippen molar-refractivity contribution in [1.82, 2.24) is 4.90 Å². The number of aliphatic hydroxyl groups excluding tert-OH is 1. The Labute approximate surface area is 77.7 Å². The van der Waals surface area contributed by atoms with Gasteiger partial charge in [0.1, 0.15) is 0 Å². The average molecular weight is 184 g/mol. The second-order valence-corrected chi connectivity index (χ2v) is 4.20. The number of hydrogen-bond donors (Lipinski definition) is 2. The summed E-state index contributed by atoms with van der Waals surface area (Å²) in [6.07, 6.45) is 2.25. The molecule has 0 aliphatic carbocycles. The van der Waals surface area contributed by atoms with Crippen LogP contribution in [0.3, 0.4) is 0 Å². The van der Waals surface area contributed by atoms with Crippen molar-refractivity contribution in [3.05, 3.63) is 0 Å². The molecule has 2 aliphatic heterocycles. The molecule has 4 heteroatoms. The topological polar surface area (TPSA) is 66.6 Å². The van der Waals surface area contributed by atoms with Gasteiger partial charge < -0.3 is 10.8 Å². The number of piperidine rings is 1. The average Bonchev–Trinajstić information content (AvgIpc) is 2.34. The number of nitrogens with zero attached hydrogens (tertiary/aromatic N) is 1. The van der Waals surface area contributed by atoms with E-state index in [9.17, 15) is 9.90 Å². The third kappa shape index (κ3) is 1.25. The smallest absolute Gasteiger partial charge is 0.224 e. The minimum absolute atomic E-state index is 0.172. The van der Waals surface area contributed by atoms with Crippen LogP contribution in [-0.4, -0.2) is 41.1 Å². The molecular formula is C9H16N2O2. The van der Waals surface area contributed by atoms with Crippen LogP contribution in [0.4, 0.5) is 0 Å². The highest BCUT2D eigenvalue weighted by atomic mass is 16.3. The largest absolute Gasteiger partial charge is 0.392 e. The van der Waals surface area contributed by atoms with Crippen molar-refractivity contribution in [2.75, 3.05) is 7.05 Å². The van der Waals surface area contributed by atoms with Crippen LogP contribution in [0.1, 0.15) is 19.3 Å². The van der Waals surface area contributed by atoms with Crippen LogP contribution in [0, 0.1) is 5.92 Å². The molecule has 2 rings (SSSR count). The number of aliphatic hydroxyl groups is 1. The molecule has 3 N–H and O–H groups in total. The molecule has 0 aromatic rings. The summed E-state index contributed by atoms with van der Waals surface area (Å²) in [4.78, 5) is 13.3. The summed E-state index contributed by atoms with van der Waals surface area (Å²) < 4.78 is 0. The van der Waals surface area contributed by atoms with E-state index in [1.54, 1.807) is 0 Å². The molecule has 74 valence electrons. The summed E-state index contributed by atoms with van der Waals surface area (Å²) in [6.45, 7) is 0. The Morgan fingerprint density at radius 2 is 2.23 bits per heavy atom. The number of carbonyl (C=O) groups is 1. The number of primary amides is 1. The van der Waals surface area contributed by atoms with Crippen molar-refractivity contribution in [2.45, 2.75) is 37.5 Å². The van der Waals surface area contributed by atoms with Gasteiger partial charge in [-0.25, -0.2) is 0 Å². The van der Waals surface area contributed by atoms with E-state index in [0.29, 0.717) is 12.5 Å². The minimum atomic E-state index is -0.522. The van der Waals surface area contributed by atoms with Crippen molar-refractivity contribution in [3.8, 4) is 0 Å². The molecule has 0 spiro atoms. The Balaban J connectivity index is 2.21. The molecule has 0 unspecified atom stereocenters. The first-order chi connectivity index (χ1) is 6.11. The van der Waals surface area contributed by atoms with Gasteiger partial charge in [-0.05, 0) is 26.3 Å². The Kier molecular flexibility index (Phi) is 2.04. The molecule has 2 fully saturated rings. The van der Waals surface area contributed by atoms with Crippen LogP contribution in [0.5, 0.6) is 0 Å². The van der Waals surface area contributed by atoms with Gasteiger partial charge in [0.25, 0.3) is 0 Å². The van der Waals surface area contributed by atoms with E-state index in [4.69, 9.17) is 5.73 Å². The van der Waals surface area contributed by atoms with Gasteiger partial charge in [-0.3, -0.25) is 9.69 Å². The summed E-state index contributed by atoms with van der Waals surface area (Å²) in [6, 6.07) is 0.627. The first-order valence-corrected chi connectivity index (χ1v) is 4.80. The lowest BCUT2D eigenvalue weighted by atomic mass is 9.87. The van der Waals surface area contributed by atoms with E-state index in [1.807, 2.05) is 7.05 Å². The van der Waals surface area contributed by atoms with E-state index < -0.39 is 6.10 Å². The van der Waals surface area contributed by atoms with E-state index in [1.165, 1.54) is 0 Å². The number of hydrogen-bond acceptors (Lipinski definition) is 3. The van der Waals surface area contributed by atoms with E-state index in [-0.39, 0.29) is 17.9 Å². The van der Waals surface area contributed by atoms with Crippen LogP contribution < -0.4 is 5.73 Å². The van der Waals surface area contributed by atoms with E-state index in [2.05, 4.69) is 4.90 Å². The normalized spacial score (nSPS) is 45.1. The van der Waals surface area contributed by atoms with Gasteiger partial charge in [0.05, 0.1) is 12.0 Å². The van der Waals surface area contributed by atoms with Gasteiger partial charge in [0.15, 0.2) is 0 Å². The Hall–Kier alpha value is -0.610. The highest BCUT2D eigenvalue weighted by Crippen LogP contribution is 2.37. The lowest BCUT2D eigenvalue weighted by molar-refractivity contribution is -0.131. The van der Waals surface area contributed by atoms with E-state index in [0.717, 1.165) is 12.8 Å². The summed E-state index contributed by atoms with van der Waals surface area (Å²) in [5, 5.41) is 9.71. The second kappa shape index (κ2) is 2.96. The van der Waals surface area contributed by atoms with Crippen LogP contribution in [0.15, 0.2) is 0 Å². The van der Waals surface area contributed by atoms with Crippen molar-refractivity contribution in [2.24, 2.45) is 11.7 Å². The highest BCUT2D eigenvalue weighted by molar-refractivity contribution is 5.78. The van der Waals surface area contributed by atoms with Crippen molar-refractivity contribution >= 4 is 5.91 Å². The Morgan fingerprint density at radius 1 is 1.54 bits per heavy atom. The highest BCUT2D eigenvalue weighted by Gasteiger charge is 2.47. The Morgan fingerprint density at radius 3 is 2.85 bits per heavy atom. The van der Waals surface area contributed by atoms with Gasteiger partial charge in [0.2, 0.25) is 5.91 Å². The summed E-state index contributed by atoms with van der Waals surface area (Å²) in [5.74, 6) is -0.714.